The van der Waals surface area contributed by atoms with Gasteiger partial charge in [0.15, 0.2) is 23.8 Å². The molecule has 1 atom stereocenters. The van der Waals surface area contributed by atoms with Crippen LogP contribution in [0.25, 0.3) is 0 Å². The van der Waals surface area contributed by atoms with Crippen LogP contribution in [0, 0.1) is 0 Å². The molecule has 2 N–H and O–H groups in total. The van der Waals surface area contributed by atoms with E-state index in [1.165, 1.54) is 6.92 Å². The minimum Gasteiger partial charge on any atom is -0.493 e. The van der Waals surface area contributed by atoms with E-state index in [4.69, 9.17) is 9.47 Å². The van der Waals surface area contributed by atoms with Crippen LogP contribution in [0.2, 0.25) is 0 Å². The molecule has 2 aromatic carbocycles. The van der Waals surface area contributed by atoms with Crippen LogP contribution in [-0.4, -0.2) is 39.5 Å². The third-order valence-electron chi connectivity index (χ3n) is 4.01. The largest absolute Gasteiger partial charge is 0.493 e. The first kappa shape index (κ1) is 19.5. The second kappa shape index (κ2) is 9.01. The van der Waals surface area contributed by atoms with Crippen molar-refractivity contribution in [3.05, 3.63) is 53.6 Å². The van der Waals surface area contributed by atoms with E-state index in [0.717, 1.165) is 10.5 Å². The molecule has 0 heterocycles. The fourth-order valence-corrected chi connectivity index (χ4v) is 2.75. The minimum absolute atomic E-state index is 0.000657. The molecule has 1 amide bonds. The molecule has 0 aliphatic carbocycles. The highest BCUT2D eigenvalue weighted by Gasteiger charge is 2.16. The highest BCUT2D eigenvalue weighted by molar-refractivity contribution is 5.95. The van der Waals surface area contributed by atoms with E-state index in [1.54, 1.807) is 38.5 Å². The highest BCUT2D eigenvalue weighted by atomic mass is 16.5. The average Bonchev–Trinajstić information content (AvgIpc) is 2.61. The summed E-state index contributed by atoms with van der Waals surface area (Å²) >= 11 is 0. The summed E-state index contributed by atoms with van der Waals surface area (Å²) in [7, 11) is 5.15. The van der Waals surface area contributed by atoms with Gasteiger partial charge in [-0.3, -0.25) is 9.59 Å². The first-order valence-corrected chi connectivity index (χ1v) is 8.36. The van der Waals surface area contributed by atoms with Gasteiger partial charge in [-0.05, 0) is 43.3 Å². The van der Waals surface area contributed by atoms with Crippen LogP contribution in [0.15, 0.2) is 42.5 Å². The zero-order chi connectivity index (χ0) is 19.1. The van der Waals surface area contributed by atoms with Gasteiger partial charge in [-0.1, -0.05) is 6.07 Å². The lowest BCUT2D eigenvalue weighted by Crippen LogP contribution is -3.08. The number of ketones is 1. The Morgan fingerprint density at radius 1 is 1.04 bits per heavy atom. The van der Waals surface area contributed by atoms with Crippen LogP contribution in [0.4, 0.5) is 5.69 Å². The first-order chi connectivity index (χ1) is 12.4. The van der Waals surface area contributed by atoms with Gasteiger partial charge in [0.25, 0.3) is 5.91 Å². The van der Waals surface area contributed by atoms with E-state index in [0.29, 0.717) is 35.8 Å². The molecule has 2 rings (SSSR count). The van der Waals surface area contributed by atoms with Gasteiger partial charge in [0, 0.05) is 11.3 Å². The molecule has 6 nitrogen and oxygen atoms in total. The zero-order valence-corrected chi connectivity index (χ0v) is 15.6. The smallest absolute Gasteiger partial charge is 0.279 e. The van der Waals surface area contributed by atoms with Crippen LogP contribution < -0.4 is 19.7 Å². The Labute approximate surface area is 153 Å². The molecular weight excluding hydrogens is 332 g/mol. The summed E-state index contributed by atoms with van der Waals surface area (Å²) in [5.41, 5.74) is 2.27. The van der Waals surface area contributed by atoms with Gasteiger partial charge in [0.05, 0.1) is 26.8 Å². The van der Waals surface area contributed by atoms with Crippen molar-refractivity contribution < 1.29 is 24.0 Å². The molecule has 0 saturated carbocycles. The maximum absolute atomic E-state index is 12.3. The Hall–Kier alpha value is -2.86. The molecule has 0 fully saturated rings. The van der Waals surface area contributed by atoms with E-state index < -0.39 is 0 Å². The predicted molar refractivity (Wildman–Crippen MR) is 100 cm³/mol. The van der Waals surface area contributed by atoms with Crippen molar-refractivity contribution in [1.82, 2.24) is 0 Å². The van der Waals surface area contributed by atoms with Gasteiger partial charge < -0.3 is 19.7 Å². The number of quaternary nitrogens is 1. The van der Waals surface area contributed by atoms with Crippen molar-refractivity contribution in [3.8, 4) is 11.5 Å². The monoisotopic (exact) mass is 357 g/mol. The molecular formula is C20H25N2O4+. The van der Waals surface area contributed by atoms with Gasteiger partial charge in [-0.25, -0.2) is 0 Å². The number of anilines is 1. The number of amides is 1. The van der Waals surface area contributed by atoms with E-state index in [2.05, 4.69) is 5.32 Å². The van der Waals surface area contributed by atoms with E-state index in [1.807, 2.05) is 25.2 Å². The summed E-state index contributed by atoms with van der Waals surface area (Å²) in [6, 6.07) is 12.6. The standard InChI is InChI=1S/C20H24N2O4/c1-14(23)15-8-10-17(11-9-15)21-19(24)13-22(2)12-16-6-5-7-18(25-3)20(16)26-4/h5-11H,12-13H2,1-4H3,(H,21,24)/p+1. The molecule has 0 spiro atoms. The molecule has 1 unspecified atom stereocenters. The molecule has 0 aromatic heterocycles. The molecule has 0 aliphatic rings. The van der Waals surface area contributed by atoms with Crippen LogP contribution in [0.3, 0.4) is 0 Å². The van der Waals surface area contributed by atoms with E-state index >= 15 is 0 Å². The second-order valence-electron chi connectivity index (χ2n) is 6.15. The predicted octanol–water partition coefficient (Wildman–Crippen LogP) is 1.56. The van der Waals surface area contributed by atoms with Crippen molar-refractivity contribution in [2.24, 2.45) is 0 Å². The number of rotatable bonds is 8. The molecule has 6 heteroatoms. The van der Waals surface area contributed by atoms with Gasteiger partial charge in [0.1, 0.15) is 6.54 Å². The molecule has 26 heavy (non-hydrogen) atoms. The van der Waals surface area contributed by atoms with Crippen molar-refractivity contribution in [2.75, 3.05) is 33.1 Å². The van der Waals surface area contributed by atoms with E-state index in [-0.39, 0.29) is 11.7 Å². The van der Waals surface area contributed by atoms with Gasteiger partial charge in [-0.15, -0.1) is 0 Å². The average molecular weight is 357 g/mol. The lowest BCUT2D eigenvalue weighted by atomic mass is 10.1. The summed E-state index contributed by atoms with van der Waals surface area (Å²) in [5, 5.41) is 2.85. The van der Waals surface area contributed by atoms with Gasteiger partial charge in [-0.2, -0.15) is 0 Å². The van der Waals surface area contributed by atoms with Gasteiger partial charge in [0.2, 0.25) is 0 Å². The number of hydrogen-bond acceptors (Lipinski definition) is 4. The number of methoxy groups -OCH3 is 2. The van der Waals surface area contributed by atoms with Crippen molar-refractivity contribution in [2.45, 2.75) is 13.5 Å². The van der Waals surface area contributed by atoms with Crippen LogP contribution in [-0.2, 0) is 11.3 Å². The van der Waals surface area contributed by atoms with Gasteiger partial charge >= 0.3 is 0 Å². The lowest BCUT2D eigenvalue weighted by Gasteiger charge is -2.17. The Kier molecular flexibility index (Phi) is 6.74. The quantitative estimate of drug-likeness (QED) is 0.704. The van der Waals surface area contributed by atoms with Crippen LogP contribution in [0.1, 0.15) is 22.8 Å². The maximum atomic E-state index is 12.3. The summed E-state index contributed by atoms with van der Waals surface area (Å²) < 4.78 is 10.7. The highest BCUT2D eigenvalue weighted by Crippen LogP contribution is 2.29. The minimum atomic E-state index is -0.0973. The number of benzene rings is 2. The van der Waals surface area contributed by atoms with Crippen molar-refractivity contribution in [3.63, 3.8) is 0 Å². The third-order valence-corrected chi connectivity index (χ3v) is 4.01. The summed E-state index contributed by atoms with van der Waals surface area (Å²) in [6.45, 7) is 2.44. The molecule has 2 aromatic rings. The Morgan fingerprint density at radius 2 is 1.73 bits per heavy atom. The number of Topliss-reactive ketones (excluding diaryl/α,β-unsaturated/α-hetero) is 1. The molecule has 0 saturated heterocycles. The molecule has 138 valence electrons. The number of para-hydroxylation sites is 1. The second-order valence-corrected chi connectivity index (χ2v) is 6.15. The van der Waals surface area contributed by atoms with E-state index in [9.17, 15) is 9.59 Å². The summed E-state index contributed by atoms with van der Waals surface area (Å²) in [4.78, 5) is 24.5. The SMILES string of the molecule is COc1cccc(C[NH+](C)CC(=O)Nc2ccc(C(C)=O)cc2)c1OC. The van der Waals surface area contributed by atoms with Crippen LogP contribution in [0.5, 0.6) is 11.5 Å². The maximum Gasteiger partial charge on any atom is 0.279 e. The Bertz CT molecular complexity index is 772. The normalized spacial score (nSPS) is 11.5. The molecule has 0 aliphatic heterocycles. The van der Waals surface area contributed by atoms with Crippen molar-refractivity contribution >= 4 is 17.4 Å². The fourth-order valence-electron chi connectivity index (χ4n) is 2.75. The topological polar surface area (TPSA) is 69.1 Å². The van der Waals surface area contributed by atoms with Crippen LogP contribution >= 0.6 is 0 Å². The lowest BCUT2D eigenvalue weighted by molar-refractivity contribution is -0.885. The molecule has 0 bridgehead atoms. The fraction of sp³-hybridized carbons (Fsp3) is 0.300. The zero-order valence-electron chi connectivity index (χ0n) is 15.6. The Balaban J connectivity index is 1.96. The number of likely N-dealkylation sites (N-methyl/N-ethyl adjacent to an activating group) is 1. The van der Waals surface area contributed by atoms with Crippen molar-refractivity contribution in [1.29, 1.82) is 0 Å². The summed E-state index contributed by atoms with van der Waals surface area (Å²) in [5.74, 6) is 1.27. The number of ether oxygens (including phenoxy) is 2. The summed E-state index contributed by atoms with van der Waals surface area (Å²) in [6.07, 6.45) is 0. The number of nitrogens with one attached hydrogen (secondary N) is 2. The third kappa shape index (κ3) is 5.07. The number of carbonyl (C=O) groups excluding carboxylic acids is 2. The number of carbonyl (C=O) groups is 2. The Morgan fingerprint density at radius 3 is 2.31 bits per heavy atom. The first-order valence-electron chi connectivity index (χ1n) is 8.36. The number of hydrogen-bond donors (Lipinski definition) is 2. The molecule has 0 radical (unpaired) electrons.